The SMILES string of the molecule is C/C=C/C=C/C(=O)C[C@]12C(=O)C(O)=C(C)C(=O)[C@H]1[C@H](C(=O)/C=C/C=C/C)C1=C2C(O)=C(C)C(=O)C1=O. The fourth-order valence-corrected chi connectivity index (χ4v) is 5.10. The Bertz CT molecular complexity index is 1320. The van der Waals surface area contributed by atoms with Gasteiger partial charge in [-0.25, -0.2) is 0 Å². The summed E-state index contributed by atoms with van der Waals surface area (Å²) >= 11 is 0. The minimum Gasteiger partial charge on any atom is -0.507 e. The second-order valence-corrected chi connectivity index (χ2v) is 8.83. The van der Waals surface area contributed by atoms with Crippen LogP contribution in [0, 0.1) is 17.3 Å². The number of aliphatic hydroxyl groups is 2. The zero-order chi connectivity index (χ0) is 26.9. The Hall–Kier alpha value is -4.20. The highest BCUT2D eigenvalue weighted by molar-refractivity contribution is 6.51. The normalized spacial score (nSPS) is 27.0. The first kappa shape index (κ1) is 26.4. The predicted molar refractivity (Wildman–Crippen MR) is 130 cm³/mol. The van der Waals surface area contributed by atoms with Crippen LogP contribution in [0.25, 0.3) is 0 Å². The van der Waals surface area contributed by atoms with Crippen molar-refractivity contribution in [3.8, 4) is 0 Å². The van der Waals surface area contributed by atoms with Crippen molar-refractivity contribution in [2.24, 2.45) is 17.3 Å². The molecule has 0 bridgehead atoms. The Balaban J connectivity index is 2.42. The molecule has 0 aliphatic heterocycles. The molecule has 0 amide bonds. The maximum Gasteiger partial charge on any atom is 0.232 e. The van der Waals surface area contributed by atoms with E-state index in [0.717, 1.165) is 12.2 Å². The summed E-state index contributed by atoms with van der Waals surface area (Å²) in [4.78, 5) is 79.5. The van der Waals surface area contributed by atoms with Gasteiger partial charge in [0.05, 0.1) is 17.3 Å². The van der Waals surface area contributed by atoms with Crippen molar-refractivity contribution in [1.29, 1.82) is 0 Å². The van der Waals surface area contributed by atoms with E-state index < -0.39 is 81.0 Å². The lowest BCUT2D eigenvalue weighted by Gasteiger charge is -2.39. The molecule has 0 saturated carbocycles. The Morgan fingerprint density at radius 1 is 0.833 bits per heavy atom. The smallest absolute Gasteiger partial charge is 0.232 e. The number of hydrogen-bond donors (Lipinski definition) is 2. The number of ketones is 6. The lowest BCUT2D eigenvalue weighted by Crippen LogP contribution is -2.50. The zero-order valence-corrected chi connectivity index (χ0v) is 20.3. The predicted octanol–water partition coefficient (Wildman–Crippen LogP) is 3.28. The lowest BCUT2D eigenvalue weighted by molar-refractivity contribution is -0.142. The van der Waals surface area contributed by atoms with E-state index in [1.54, 1.807) is 32.1 Å². The van der Waals surface area contributed by atoms with Crippen LogP contribution >= 0.6 is 0 Å². The van der Waals surface area contributed by atoms with Crippen molar-refractivity contribution < 1.29 is 39.0 Å². The number of carbonyl (C=O) groups excluding carboxylic acids is 6. The number of aliphatic hydroxyl groups excluding tert-OH is 2. The molecule has 0 aromatic carbocycles. The number of rotatable bonds is 7. The lowest BCUT2D eigenvalue weighted by atomic mass is 9.59. The van der Waals surface area contributed by atoms with Crippen LogP contribution in [0.2, 0.25) is 0 Å². The summed E-state index contributed by atoms with van der Waals surface area (Å²) in [7, 11) is 0. The number of allylic oxidation sites excluding steroid dienone is 13. The maximum absolute atomic E-state index is 13.7. The van der Waals surface area contributed by atoms with Crippen molar-refractivity contribution in [3.05, 3.63) is 82.4 Å². The summed E-state index contributed by atoms with van der Waals surface area (Å²) < 4.78 is 0. The van der Waals surface area contributed by atoms with E-state index in [1.807, 2.05) is 0 Å². The summed E-state index contributed by atoms with van der Waals surface area (Å²) in [6, 6.07) is 0. The fraction of sp³-hybridized carbons (Fsp3) is 0.286. The van der Waals surface area contributed by atoms with Gasteiger partial charge in [-0.15, -0.1) is 0 Å². The van der Waals surface area contributed by atoms with Crippen LogP contribution in [0.4, 0.5) is 0 Å². The molecule has 0 heterocycles. The van der Waals surface area contributed by atoms with E-state index in [9.17, 15) is 39.0 Å². The van der Waals surface area contributed by atoms with Crippen LogP contribution in [-0.2, 0) is 28.8 Å². The molecule has 186 valence electrons. The van der Waals surface area contributed by atoms with Gasteiger partial charge >= 0.3 is 0 Å². The van der Waals surface area contributed by atoms with Gasteiger partial charge in [-0.05, 0) is 39.8 Å². The molecule has 0 aromatic rings. The molecular formula is C28H26O8. The molecule has 8 nitrogen and oxygen atoms in total. The Morgan fingerprint density at radius 3 is 2.00 bits per heavy atom. The second kappa shape index (κ2) is 9.81. The first-order chi connectivity index (χ1) is 17.0. The summed E-state index contributed by atoms with van der Waals surface area (Å²) in [5.74, 6) is -10.4. The molecule has 0 aromatic heterocycles. The van der Waals surface area contributed by atoms with Gasteiger partial charge in [-0.3, -0.25) is 28.8 Å². The van der Waals surface area contributed by atoms with Crippen molar-refractivity contribution in [3.63, 3.8) is 0 Å². The van der Waals surface area contributed by atoms with Crippen molar-refractivity contribution in [2.75, 3.05) is 0 Å². The third-order valence-electron chi connectivity index (χ3n) is 6.81. The first-order valence-electron chi connectivity index (χ1n) is 11.3. The Morgan fingerprint density at radius 2 is 1.42 bits per heavy atom. The van der Waals surface area contributed by atoms with Crippen molar-refractivity contribution >= 4 is 34.7 Å². The van der Waals surface area contributed by atoms with Crippen LogP contribution in [0.5, 0.6) is 0 Å². The minimum absolute atomic E-state index is 0.327. The first-order valence-corrected chi connectivity index (χ1v) is 11.3. The van der Waals surface area contributed by atoms with Gasteiger partial charge in [0.2, 0.25) is 17.3 Å². The van der Waals surface area contributed by atoms with E-state index in [0.29, 0.717) is 0 Å². The average molecular weight is 491 g/mol. The molecule has 2 N–H and O–H groups in total. The quantitative estimate of drug-likeness (QED) is 0.240. The van der Waals surface area contributed by atoms with Crippen LogP contribution < -0.4 is 0 Å². The van der Waals surface area contributed by atoms with Gasteiger partial charge in [0.1, 0.15) is 5.76 Å². The molecular weight excluding hydrogens is 464 g/mol. The molecule has 0 saturated heterocycles. The molecule has 3 rings (SSSR count). The summed E-state index contributed by atoms with van der Waals surface area (Å²) in [6.45, 7) is 5.81. The maximum atomic E-state index is 13.7. The van der Waals surface area contributed by atoms with Crippen LogP contribution in [0.15, 0.2) is 82.4 Å². The van der Waals surface area contributed by atoms with Crippen molar-refractivity contribution in [2.45, 2.75) is 34.1 Å². The van der Waals surface area contributed by atoms with Gasteiger partial charge < -0.3 is 10.2 Å². The third kappa shape index (κ3) is 3.79. The van der Waals surface area contributed by atoms with E-state index in [2.05, 4.69) is 0 Å². The third-order valence-corrected chi connectivity index (χ3v) is 6.81. The van der Waals surface area contributed by atoms with Crippen LogP contribution in [0.3, 0.4) is 0 Å². The molecule has 0 fully saturated rings. The molecule has 0 spiro atoms. The van der Waals surface area contributed by atoms with E-state index in [1.165, 1.54) is 32.1 Å². The molecule has 3 aliphatic carbocycles. The molecule has 8 heteroatoms. The monoisotopic (exact) mass is 490 g/mol. The van der Waals surface area contributed by atoms with E-state index in [4.69, 9.17) is 0 Å². The number of hydrogen-bond acceptors (Lipinski definition) is 8. The second-order valence-electron chi connectivity index (χ2n) is 8.83. The van der Waals surface area contributed by atoms with Gasteiger partial charge in [0.15, 0.2) is 23.1 Å². The highest BCUT2D eigenvalue weighted by Gasteiger charge is 2.68. The highest BCUT2D eigenvalue weighted by atomic mass is 16.3. The van der Waals surface area contributed by atoms with Crippen LogP contribution in [-0.4, -0.2) is 44.9 Å². The largest absolute Gasteiger partial charge is 0.507 e. The highest BCUT2D eigenvalue weighted by Crippen LogP contribution is 2.61. The Labute approximate surface area is 207 Å². The van der Waals surface area contributed by atoms with Gasteiger partial charge in [0, 0.05) is 28.7 Å². The molecule has 3 atom stereocenters. The van der Waals surface area contributed by atoms with E-state index >= 15 is 0 Å². The van der Waals surface area contributed by atoms with Crippen molar-refractivity contribution in [1.82, 2.24) is 0 Å². The number of fused-ring (bicyclic) bond motifs is 2. The number of Topliss-reactive ketones (excluding diaryl/α,β-unsaturated/α-hetero) is 4. The topological polar surface area (TPSA) is 143 Å². The van der Waals surface area contributed by atoms with Gasteiger partial charge in [-0.1, -0.05) is 36.5 Å². The zero-order valence-electron chi connectivity index (χ0n) is 20.3. The molecule has 3 aliphatic rings. The standard InChI is InChI=1S/C28H26O8/c1-5-7-9-11-16(29)13-28-20(23(32)15(4)25(34)27(28)36)18(17(30)12-10-8-6-2)19-21(28)22(31)14(3)24(33)26(19)35/h5-12,18,20,31,34H,13H2,1-4H3/b7-5+,8-6+,11-9+,12-10+/t18-,20-,28+/m1/s1. The van der Waals surface area contributed by atoms with Gasteiger partial charge in [-0.2, -0.15) is 0 Å². The van der Waals surface area contributed by atoms with Crippen LogP contribution in [0.1, 0.15) is 34.1 Å². The van der Waals surface area contributed by atoms with Gasteiger partial charge in [0.25, 0.3) is 0 Å². The summed E-state index contributed by atoms with van der Waals surface area (Å²) in [5, 5.41) is 21.6. The minimum atomic E-state index is -2.25. The summed E-state index contributed by atoms with van der Waals surface area (Å²) in [6.07, 6.45) is 10.7. The molecule has 36 heavy (non-hydrogen) atoms. The molecule has 0 unspecified atom stereocenters. The average Bonchev–Trinajstić information content (AvgIpc) is 3.15. The fourth-order valence-electron chi connectivity index (χ4n) is 5.10. The summed E-state index contributed by atoms with van der Waals surface area (Å²) in [5.41, 5.74) is -3.86. The number of carbonyl (C=O) groups is 6. The Kier molecular flexibility index (Phi) is 7.20. The molecule has 0 radical (unpaired) electrons. The van der Waals surface area contributed by atoms with E-state index in [-0.39, 0.29) is 11.1 Å².